The average Bonchev–Trinajstić information content (AvgIpc) is 2.98. The normalized spacial score (nSPS) is 10.2. The molecule has 20 heavy (non-hydrogen) atoms. The van der Waals surface area contributed by atoms with E-state index in [4.69, 9.17) is 0 Å². The van der Waals surface area contributed by atoms with Crippen LogP contribution in [0.1, 0.15) is 21.7 Å². The molecule has 2 aromatic rings. The van der Waals surface area contributed by atoms with Crippen molar-refractivity contribution >= 4 is 23.0 Å². The van der Waals surface area contributed by atoms with E-state index < -0.39 is 0 Å². The van der Waals surface area contributed by atoms with Crippen LogP contribution in [0, 0.1) is 5.82 Å². The second-order valence-corrected chi connectivity index (χ2v) is 5.25. The molecule has 1 amide bonds. The molecule has 104 valence electrons. The van der Waals surface area contributed by atoms with E-state index in [1.54, 1.807) is 24.3 Å². The molecule has 1 heterocycles. The molecule has 1 N–H and O–H groups in total. The lowest BCUT2D eigenvalue weighted by Gasteiger charge is -2.04. The molecule has 5 heteroatoms. The van der Waals surface area contributed by atoms with Crippen molar-refractivity contribution in [3.8, 4) is 0 Å². The number of carbonyl (C=O) groups is 2. The number of ketones is 1. The highest BCUT2D eigenvalue weighted by Gasteiger charge is 2.09. The van der Waals surface area contributed by atoms with E-state index in [9.17, 15) is 14.0 Å². The fourth-order valence-electron chi connectivity index (χ4n) is 1.70. The van der Waals surface area contributed by atoms with Gasteiger partial charge in [-0.3, -0.25) is 9.59 Å². The summed E-state index contributed by atoms with van der Waals surface area (Å²) in [5, 5.41) is 4.42. The van der Waals surface area contributed by atoms with Gasteiger partial charge in [0.1, 0.15) is 5.82 Å². The van der Waals surface area contributed by atoms with Crippen molar-refractivity contribution in [2.75, 3.05) is 6.54 Å². The van der Waals surface area contributed by atoms with Crippen LogP contribution in [0.2, 0.25) is 0 Å². The Balaban J connectivity index is 1.73. The van der Waals surface area contributed by atoms with E-state index in [2.05, 4.69) is 5.32 Å². The Bertz CT molecular complexity index is 578. The van der Waals surface area contributed by atoms with Gasteiger partial charge in [0.05, 0.1) is 11.4 Å². The smallest absolute Gasteiger partial charge is 0.220 e. The van der Waals surface area contributed by atoms with Gasteiger partial charge in [-0.1, -0.05) is 18.2 Å². The van der Waals surface area contributed by atoms with Crippen molar-refractivity contribution < 1.29 is 14.0 Å². The maximum Gasteiger partial charge on any atom is 0.220 e. The Morgan fingerprint density at radius 3 is 2.55 bits per heavy atom. The van der Waals surface area contributed by atoms with Gasteiger partial charge in [0, 0.05) is 6.42 Å². The van der Waals surface area contributed by atoms with Gasteiger partial charge < -0.3 is 5.32 Å². The molecule has 0 aliphatic rings. The number of aryl methyl sites for hydroxylation is 1. The summed E-state index contributed by atoms with van der Waals surface area (Å²) in [6, 6.07) is 9.58. The summed E-state index contributed by atoms with van der Waals surface area (Å²) in [6.45, 7) is 0.0166. The highest BCUT2D eigenvalue weighted by Crippen LogP contribution is 2.09. The molecule has 0 saturated carbocycles. The first kappa shape index (κ1) is 14.4. The van der Waals surface area contributed by atoms with Crippen molar-refractivity contribution in [2.45, 2.75) is 12.8 Å². The minimum atomic E-state index is -0.292. The van der Waals surface area contributed by atoms with Gasteiger partial charge in [-0.2, -0.15) is 0 Å². The number of nitrogens with one attached hydrogen (secondary N) is 1. The second kappa shape index (κ2) is 6.96. The van der Waals surface area contributed by atoms with E-state index in [0.717, 1.165) is 5.56 Å². The number of carbonyl (C=O) groups excluding carboxylic acids is 2. The van der Waals surface area contributed by atoms with Crippen LogP contribution in [0.15, 0.2) is 41.8 Å². The average molecular weight is 291 g/mol. The molecule has 0 aliphatic carbocycles. The van der Waals surface area contributed by atoms with E-state index in [0.29, 0.717) is 11.3 Å². The molecule has 1 aromatic carbocycles. The molecule has 0 fully saturated rings. The predicted molar refractivity (Wildman–Crippen MR) is 76.4 cm³/mol. The standard InChI is InChI=1S/C15H14FNO2S/c16-12-6-3-11(4-7-12)5-8-15(19)17-10-13(18)14-2-1-9-20-14/h1-4,6-7,9H,5,8,10H2,(H,17,19). The molecule has 3 nitrogen and oxygen atoms in total. The minimum Gasteiger partial charge on any atom is -0.349 e. The number of Topliss-reactive ketones (excluding diaryl/α,β-unsaturated/α-hetero) is 1. The molecule has 0 spiro atoms. The van der Waals surface area contributed by atoms with Gasteiger partial charge >= 0.3 is 0 Å². The Hall–Kier alpha value is -2.01. The van der Waals surface area contributed by atoms with E-state index in [1.165, 1.54) is 23.5 Å². The quantitative estimate of drug-likeness (QED) is 0.832. The van der Waals surface area contributed by atoms with Crippen LogP contribution in [0.25, 0.3) is 0 Å². The van der Waals surface area contributed by atoms with E-state index in [-0.39, 0.29) is 30.5 Å². The number of rotatable bonds is 6. The lowest BCUT2D eigenvalue weighted by molar-refractivity contribution is -0.120. The largest absolute Gasteiger partial charge is 0.349 e. The summed E-state index contributed by atoms with van der Waals surface area (Å²) in [4.78, 5) is 23.9. The Labute approximate surface area is 120 Å². The Morgan fingerprint density at radius 2 is 1.90 bits per heavy atom. The van der Waals surface area contributed by atoms with Crippen LogP contribution in [0.4, 0.5) is 4.39 Å². The third kappa shape index (κ3) is 4.28. The van der Waals surface area contributed by atoms with Gasteiger partial charge in [0.2, 0.25) is 5.91 Å². The third-order valence-electron chi connectivity index (χ3n) is 2.80. The number of thiophene rings is 1. The van der Waals surface area contributed by atoms with Crippen LogP contribution < -0.4 is 5.32 Å². The molecule has 0 saturated heterocycles. The van der Waals surface area contributed by atoms with Crippen molar-refractivity contribution in [1.29, 1.82) is 0 Å². The fraction of sp³-hybridized carbons (Fsp3) is 0.200. The zero-order chi connectivity index (χ0) is 14.4. The lowest BCUT2D eigenvalue weighted by Crippen LogP contribution is -2.29. The van der Waals surface area contributed by atoms with Gasteiger partial charge in [-0.25, -0.2) is 4.39 Å². The summed E-state index contributed by atoms with van der Waals surface area (Å²) >= 11 is 1.36. The lowest BCUT2D eigenvalue weighted by atomic mass is 10.1. The molecule has 1 aromatic heterocycles. The summed E-state index contributed by atoms with van der Waals surface area (Å²) in [5.74, 6) is -0.561. The number of benzene rings is 1. The Morgan fingerprint density at radius 1 is 1.15 bits per heavy atom. The number of hydrogen-bond donors (Lipinski definition) is 1. The SMILES string of the molecule is O=C(CCc1ccc(F)cc1)NCC(=O)c1cccs1. The van der Waals surface area contributed by atoms with Gasteiger partial charge in [-0.05, 0) is 35.6 Å². The van der Waals surface area contributed by atoms with Crippen LogP contribution in [0.5, 0.6) is 0 Å². The highest BCUT2D eigenvalue weighted by atomic mass is 32.1. The number of hydrogen-bond acceptors (Lipinski definition) is 3. The topological polar surface area (TPSA) is 46.2 Å². The first-order valence-corrected chi connectivity index (χ1v) is 7.11. The van der Waals surface area contributed by atoms with Crippen molar-refractivity contribution in [1.82, 2.24) is 5.32 Å². The maximum absolute atomic E-state index is 12.7. The van der Waals surface area contributed by atoms with E-state index >= 15 is 0 Å². The minimum absolute atomic E-state index is 0.0166. The summed E-state index contributed by atoms with van der Waals surface area (Å²) in [5.41, 5.74) is 0.895. The summed E-state index contributed by atoms with van der Waals surface area (Å²) in [6.07, 6.45) is 0.808. The number of amides is 1. The van der Waals surface area contributed by atoms with Gasteiger partial charge in [-0.15, -0.1) is 11.3 Å². The Kier molecular flexibility index (Phi) is 5.01. The molecule has 0 atom stereocenters. The maximum atomic E-state index is 12.7. The van der Waals surface area contributed by atoms with E-state index in [1.807, 2.05) is 5.38 Å². The van der Waals surface area contributed by atoms with Crippen molar-refractivity contribution in [3.05, 3.63) is 58.0 Å². The van der Waals surface area contributed by atoms with Crippen LogP contribution in [-0.4, -0.2) is 18.2 Å². The fourth-order valence-corrected chi connectivity index (χ4v) is 2.37. The predicted octanol–water partition coefficient (Wildman–Crippen LogP) is 2.82. The first-order valence-electron chi connectivity index (χ1n) is 6.23. The van der Waals surface area contributed by atoms with Crippen molar-refractivity contribution in [3.63, 3.8) is 0 Å². The first-order chi connectivity index (χ1) is 9.65. The van der Waals surface area contributed by atoms with Crippen LogP contribution >= 0.6 is 11.3 Å². The highest BCUT2D eigenvalue weighted by molar-refractivity contribution is 7.12. The third-order valence-corrected chi connectivity index (χ3v) is 3.71. The van der Waals surface area contributed by atoms with Crippen LogP contribution in [0.3, 0.4) is 0 Å². The summed E-state index contributed by atoms with van der Waals surface area (Å²) in [7, 11) is 0. The van der Waals surface area contributed by atoms with Crippen molar-refractivity contribution in [2.24, 2.45) is 0 Å². The molecule has 2 rings (SSSR count). The molecular weight excluding hydrogens is 277 g/mol. The second-order valence-electron chi connectivity index (χ2n) is 4.30. The molecule has 0 radical (unpaired) electrons. The zero-order valence-corrected chi connectivity index (χ0v) is 11.6. The zero-order valence-electron chi connectivity index (χ0n) is 10.8. The van der Waals surface area contributed by atoms with Gasteiger partial charge in [0.15, 0.2) is 5.78 Å². The van der Waals surface area contributed by atoms with Crippen LogP contribution in [-0.2, 0) is 11.2 Å². The summed E-state index contributed by atoms with van der Waals surface area (Å²) < 4.78 is 12.7. The molecule has 0 aliphatic heterocycles. The molecular formula is C15H14FNO2S. The molecule has 0 bridgehead atoms. The van der Waals surface area contributed by atoms with Gasteiger partial charge in [0.25, 0.3) is 0 Å². The molecule has 0 unspecified atom stereocenters. The monoisotopic (exact) mass is 291 g/mol. The number of halogens is 1.